The molecule has 0 aliphatic carbocycles. The van der Waals surface area contributed by atoms with Crippen LogP contribution >= 0.6 is 0 Å². The van der Waals surface area contributed by atoms with E-state index in [9.17, 15) is 17.6 Å². The summed E-state index contributed by atoms with van der Waals surface area (Å²) in [6, 6.07) is 1.96. The highest BCUT2D eigenvalue weighted by Crippen LogP contribution is 2.22. The molecule has 1 aromatic carbocycles. The van der Waals surface area contributed by atoms with Crippen LogP contribution in [0.15, 0.2) is 17.0 Å². The summed E-state index contributed by atoms with van der Waals surface area (Å²) in [6.07, 6.45) is 0. The quantitative estimate of drug-likeness (QED) is 0.689. The van der Waals surface area contributed by atoms with Crippen molar-refractivity contribution in [1.29, 1.82) is 0 Å². The minimum absolute atomic E-state index is 0.0113. The largest absolute Gasteiger partial charge is 0.398 e. The van der Waals surface area contributed by atoms with Crippen LogP contribution in [0.3, 0.4) is 0 Å². The monoisotopic (exact) mass is 289 g/mol. The Labute approximate surface area is 111 Å². The molecule has 6 nitrogen and oxygen atoms in total. The number of rotatable bonds is 4. The van der Waals surface area contributed by atoms with Gasteiger partial charge in [-0.3, -0.25) is 4.79 Å². The number of hydrogen-bond acceptors (Lipinski definition) is 4. The lowest BCUT2D eigenvalue weighted by Gasteiger charge is -2.22. The second-order valence-electron chi connectivity index (χ2n) is 4.71. The second-order valence-corrected chi connectivity index (χ2v) is 6.40. The number of nitrogens with two attached hydrogens (primary N) is 2. The number of sulfonamides is 1. The van der Waals surface area contributed by atoms with Crippen molar-refractivity contribution in [3.8, 4) is 0 Å². The molecule has 0 radical (unpaired) electrons. The Hall–Kier alpha value is -1.67. The average Bonchev–Trinajstić information content (AvgIpc) is 2.23. The number of amides is 1. The van der Waals surface area contributed by atoms with Gasteiger partial charge in [0.1, 0.15) is 11.4 Å². The molecule has 0 aromatic heterocycles. The van der Waals surface area contributed by atoms with E-state index in [1.807, 2.05) is 0 Å². The third kappa shape index (κ3) is 3.21. The summed E-state index contributed by atoms with van der Waals surface area (Å²) in [5, 5.41) is 0. The highest BCUT2D eigenvalue weighted by Gasteiger charge is 2.31. The maximum Gasteiger partial charge on any atom is 0.241 e. The Morgan fingerprint density at radius 2 is 1.89 bits per heavy atom. The fraction of sp³-hybridized carbons (Fsp3) is 0.364. The van der Waals surface area contributed by atoms with E-state index in [1.165, 1.54) is 20.8 Å². The van der Waals surface area contributed by atoms with Crippen LogP contribution in [0, 0.1) is 12.7 Å². The Morgan fingerprint density at radius 1 is 1.37 bits per heavy atom. The zero-order chi connectivity index (χ0) is 15.0. The summed E-state index contributed by atoms with van der Waals surface area (Å²) < 4.78 is 39.6. The average molecular weight is 289 g/mol. The van der Waals surface area contributed by atoms with Crippen molar-refractivity contribution in [3.05, 3.63) is 23.5 Å². The number of hydrogen-bond donors (Lipinski definition) is 3. The molecule has 0 atom stereocenters. The molecule has 0 aliphatic heterocycles. The fourth-order valence-corrected chi connectivity index (χ4v) is 2.71. The lowest BCUT2D eigenvalue weighted by atomic mass is 10.1. The van der Waals surface area contributed by atoms with Crippen LogP contribution in [-0.2, 0) is 14.8 Å². The summed E-state index contributed by atoms with van der Waals surface area (Å²) in [5.41, 5.74) is 9.27. The van der Waals surface area contributed by atoms with E-state index in [1.54, 1.807) is 0 Å². The maximum atomic E-state index is 13.5. The number of anilines is 1. The predicted octanol–water partition coefficient (Wildman–Crippen LogP) is 0.259. The molecule has 0 unspecified atom stereocenters. The van der Waals surface area contributed by atoms with Crippen LogP contribution in [0.25, 0.3) is 0 Å². The number of benzene rings is 1. The number of primary amides is 1. The molecule has 19 heavy (non-hydrogen) atoms. The molecular formula is C11H16FN3O3S. The van der Waals surface area contributed by atoms with Crippen molar-refractivity contribution in [1.82, 2.24) is 4.72 Å². The van der Waals surface area contributed by atoms with Crippen molar-refractivity contribution in [3.63, 3.8) is 0 Å². The highest BCUT2D eigenvalue weighted by molar-refractivity contribution is 7.89. The first-order valence-corrected chi connectivity index (χ1v) is 6.85. The molecule has 0 fully saturated rings. The molecule has 0 aliphatic rings. The molecule has 0 saturated heterocycles. The normalized spacial score (nSPS) is 12.4. The Bertz CT molecular complexity index is 603. The molecule has 0 heterocycles. The van der Waals surface area contributed by atoms with Gasteiger partial charge in [0.2, 0.25) is 15.9 Å². The van der Waals surface area contributed by atoms with Crippen molar-refractivity contribution in [2.24, 2.45) is 5.73 Å². The summed E-state index contributed by atoms with van der Waals surface area (Å²) in [6.45, 7) is 4.05. The predicted molar refractivity (Wildman–Crippen MR) is 69.1 cm³/mol. The molecule has 0 bridgehead atoms. The fourth-order valence-electron chi connectivity index (χ4n) is 1.27. The van der Waals surface area contributed by atoms with Gasteiger partial charge in [-0.05, 0) is 32.9 Å². The van der Waals surface area contributed by atoms with Gasteiger partial charge in [0.05, 0.1) is 4.90 Å². The first kappa shape index (κ1) is 15.4. The minimum Gasteiger partial charge on any atom is -0.398 e. The van der Waals surface area contributed by atoms with Crippen molar-refractivity contribution in [2.75, 3.05) is 5.73 Å². The van der Waals surface area contributed by atoms with E-state index in [-0.39, 0.29) is 16.1 Å². The third-order valence-electron chi connectivity index (χ3n) is 2.67. The van der Waals surface area contributed by atoms with Crippen LogP contribution in [-0.4, -0.2) is 19.9 Å². The Morgan fingerprint density at radius 3 is 2.32 bits per heavy atom. The zero-order valence-corrected chi connectivity index (χ0v) is 11.6. The van der Waals surface area contributed by atoms with E-state index < -0.39 is 27.3 Å². The Kier molecular flexibility index (Phi) is 3.87. The van der Waals surface area contributed by atoms with Gasteiger partial charge in [-0.25, -0.2) is 12.8 Å². The summed E-state index contributed by atoms with van der Waals surface area (Å²) in [4.78, 5) is 10.8. The first-order valence-electron chi connectivity index (χ1n) is 5.37. The minimum atomic E-state index is -4.10. The van der Waals surface area contributed by atoms with Gasteiger partial charge in [-0.15, -0.1) is 0 Å². The zero-order valence-electron chi connectivity index (χ0n) is 10.8. The highest BCUT2D eigenvalue weighted by atomic mass is 32.2. The van der Waals surface area contributed by atoms with Gasteiger partial charge >= 0.3 is 0 Å². The van der Waals surface area contributed by atoms with E-state index in [4.69, 9.17) is 11.5 Å². The van der Waals surface area contributed by atoms with Gasteiger partial charge in [-0.2, -0.15) is 4.72 Å². The number of carbonyl (C=O) groups is 1. The molecule has 8 heteroatoms. The van der Waals surface area contributed by atoms with Gasteiger partial charge in [0, 0.05) is 11.3 Å². The van der Waals surface area contributed by atoms with Crippen LogP contribution in [0.5, 0.6) is 0 Å². The SMILES string of the molecule is Cc1c(N)cc(S(=O)(=O)NC(C)(C)C(N)=O)cc1F. The molecule has 1 rings (SSSR count). The molecule has 0 spiro atoms. The lowest BCUT2D eigenvalue weighted by molar-refractivity contribution is -0.122. The van der Waals surface area contributed by atoms with Crippen LogP contribution in [0.1, 0.15) is 19.4 Å². The van der Waals surface area contributed by atoms with E-state index in [0.717, 1.165) is 12.1 Å². The van der Waals surface area contributed by atoms with Gasteiger partial charge in [-0.1, -0.05) is 0 Å². The molecule has 1 amide bonds. The van der Waals surface area contributed by atoms with Crippen molar-refractivity contribution >= 4 is 21.6 Å². The summed E-state index contributed by atoms with van der Waals surface area (Å²) >= 11 is 0. The van der Waals surface area contributed by atoms with Crippen LogP contribution < -0.4 is 16.2 Å². The van der Waals surface area contributed by atoms with E-state index >= 15 is 0 Å². The number of halogens is 1. The standard InChI is InChI=1S/C11H16FN3O3S/c1-6-8(12)4-7(5-9(6)13)19(17,18)15-11(2,3)10(14)16/h4-5,15H,13H2,1-3H3,(H2,14,16). The van der Waals surface area contributed by atoms with Crippen LogP contribution in [0.2, 0.25) is 0 Å². The molecule has 0 saturated carbocycles. The third-order valence-corrected chi connectivity index (χ3v) is 4.31. The number of nitrogen functional groups attached to an aromatic ring is 1. The van der Waals surface area contributed by atoms with E-state index in [0.29, 0.717) is 0 Å². The molecule has 106 valence electrons. The maximum absolute atomic E-state index is 13.5. The second kappa shape index (κ2) is 4.78. The smallest absolute Gasteiger partial charge is 0.241 e. The van der Waals surface area contributed by atoms with E-state index in [2.05, 4.69) is 4.72 Å². The van der Waals surface area contributed by atoms with Crippen LogP contribution in [0.4, 0.5) is 10.1 Å². The molecule has 5 N–H and O–H groups in total. The Balaban J connectivity index is 3.26. The molecule has 1 aromatic rings. The van der Waals surface area contributed by atoms with Gasteiger partial charge in [0.15, 0.2) is 0 Å². The summed E-state index contributed by atoms with van der Waals surface area (Å²) in [5.74, 6) is -1.59. The topological polar surface area (TPSA) is 115 Å². The first-order chi connectivity index (χ1) is 8.47. The number of nitrogens with one attached hydrogen (secondary N) is 1. The van der Waals surface area contributed by atoms with Crippen molar-refractivity contribution < 1.29 is 17.6 Å². The number of carbonyl (C=O) groups excluding carboxylic acids is 1. The summed E-state index contributed by atoms with van der Waals surface area (Å²) in [7, 11) is -4.10. The lowest BCUT2D eigenvalue weighted by Crippen LogP contribution is -2.52. The van der Waals surface area contributed by atoms with Gasteiger partial charge < -0.3 is 11.5 Å². The van der Waals surface area contributed by atoms with Gasteiger partial charge in [0.25, 0.3) is 0 Å². The molecular weight excluding hydrogens is 273 g/mol. The van der Waals surface area contributed by atoms with Crippen molar-refractivity contribution in [2.45, 2.75) is 31.2 Å².